The van der Waals surface area contributed by atoms with Crippen molar-refractivity contribution in [3.8, 4) is 0 Å². The van der Waals surface area contributed by atoms with Crippen LogP contribution >= 0.6 is 0 Å². The summed E-state index contributed by atoms with van der Waals surface area (Å²) in [6, 6.07) is 16.6. The van der Waals surface area contributed by atoms with E-state index in [1.54, 1.807) is 11.8 Å². The first kappa shape index (κ1) is 24.3. The Morgan fingerprint density at radius 3 is 2.58 bits per heavy atom. The number of nitrogens with one attached hydrogen (secondary N) is 1. The maximum Gasteiger partial charge on any atom is 0.253 e. The molecule has 188 valence electrons. The van der Waals surface area contributed by atoms with E-state index < -0.39 is 0 Å². The maximum atomic E-state index is 13.5. The quantitative estimate of drug-likeness (QED) is 0.407. The second-order valence-electron chi connectivity index (χ2n) is 9.87. The number of rotatable bonds is 8. The molecule has 5 rings (SSSR count). The molecule has 2 aromatic heterocycles. The number of hydrogen-bond acceptors (Lipinski definition) is 6. The van der Waals surface area contributed by atoms with Crippen molar-refractivity contribution >= 4 is 10.9 Å². The lowest BCUT2D eigenvalue weighted by atomic mass is 9.88. The number of tetrazole rings is 1. The summed E-state index contributed by atoms with van der Waals surface area (Å²) in [6.45, 7) is 6.89. The summed E-state index contributed by atoms with van der Waals surface area (Å²) in [5, 5.41) is 13.7. The highest BCUT2D eigenvalue weighted by Gasteiger charge is 2.33. The van der Waals surface area contributed by atoms with Crippen molar-refractivity contribution < 1.29 is 4.74 Å². The zero-order chi connectivity index (χ0) is 25.1. The van der Waals surface area contributed by atoms with Gasteiger partial charge in [-0.3, -0.25) is 9.69 Å². The summed E-state index contributed by atoms with van der Waals surface area (Å²) in [5.74, 6) is 1.30. The van der Waals surface area contributed by atoms with Crippen LogP contribution in [0.1, 0.15) is 47.0 Å². The van der Waals surface area contributed by atoms with Crippen LogP contribution in [-0.4, -0.2) is 56.9 Å². The molecule has 0 unspecified atom stereocenters. The predicted octanol–water partition coefficient (Wildman–Crippen LogP) is 3.82. The zero-order valence-corrected chi connectivity index (χ0v) is 21.3. The van der Waals surface area contributed by atoms with Crippen LogP contribution in [0, 0.1) is 19.8 Å². The number of methoxy groups -OCH3 is 1. The molecule has 4 aromatic rings. The topological polar surface area (TPSA) is 88.9 Å². The maximum absolute atomic E-state index is 13.5. The summed E-state index contributed by atoms with van der Waals surface area (Å²) in [4.78, 5) is 19.1. The lowest BCUT2D eigenvalue weighted by Gasteiger charge is -2.37. The molecule has 0 saturated carbocycles. The van der Waals surface area contributed by atoms with Gasteiger partial charge in [-0.1, -0.05) is 42.5 Å². The first-order valence-corrected chi connectivity index (χ1v) is 12.7. The Labute approximate surface area is 211 Å². The molecule has 1 aliphatic rings. The van der Waals surface area contributed by atoms with Gasteiger partial charge in [-0.15, -0.1) is 5.10 Å². The van der Waals surface area contributed by atoms with E-state index in [9.17, 15) is 4.79 Å². The van der Waals surface area contributed by atoms with Gasteiger partial charge >= 0.3 is 0 Å². The van der Waals surface area contributed by atoms with Gasteiger partial charge in [0, 0.05) is 18.1 Å². The molecule has 8 nitrogen and oxygen atoms in total. The Bertz CT molecular complexity index is 1370. The molecule has 2 aromatic carbocycles. The Morgan fingerprint density at radius 1 is 1.08 bits per heavy atom. The second kappa shape index (κ2) is 10.7. The first-order valence-electron chi connectivity index (χ1n) is 12.7. The third-order valence-corrected chi connectivity index (χ3v) is 7.46. The number of fused-ring (bicyclic) bond motifs is 1. The molecule has 8 heteroatoms. The Balaban J connectivity index is 1.50. The molecular formula is C28H34N6O2. The fourth-order valence-electron chi connectivity index (χ4n) is 5.40. The number of likely N-dealkylation sites (tertiary alicyclic amines) is 1. The van der Waals surface area contributed by atoms with Crippen molar-refractivity contribution in [1.82, 2.24) is 30.1 Å². The third-order valence-electron chi connectivity index (χ3n) is 7.46. The first-order chi connectivity index (χ1) is 17.5. The highest BCUT2D eigenvalue weighted by Crippen LogP contribution is 2.32. The molecule has 36 heavy (non-hydrogen) atoms. The molecule has 0 amide bonds. The van der Waals surface area contributed by atoms with Crippen molar-refractivity contribution in [1.29, 1.82) is 0 Å². The molecule has 3 heterocycles. The van der Waals surface area contributed by atoms with Gasteiger partial charge < -0.3 is 9.72 Å². The van der Waals surface area contributed by atoms with E-state index in [0.29, 0.717) is 30.5 Å². The van der Waals surface area contributed by atoms with Crippen molar-refractivity contribution in [2.45, 2.75) is 45.7 Å². The van der Waals surface area contributed by atoms with Crippen LogP contribution in [0.25, 0.3) is 10.9 Å². The van der Waals surface area contributed by atoms with E-state index in [1.807, 2.05) is 19.1 Å². The van der Waals surface area contributed by atoms with Gasteiger partial charge in [-0.2, -0.15) is 0 Å². The minimum Gasteiger partial charge on any atom is -0.383 e. The highest BCUT2D eigenvalue weighted by molar-refractivity contribution is 5.85. The van der Waals surface area contributed by atoms with Crippen LogP contribution in [-0.2, 0) is 17.7 Å². The third kappa shape index (κ3) is 4.96. The summed E-state index contributed by atoms with van der Waals surface area (Å²) < 4.78 is 7.06. The zero-order valence-electron chi connectivity index (χ0n) is 21.3. The highest BCUT2D eigenvalue weighted by atomic mass is 16.5. The van der Waals surface area contributed by atoms with E-state index in [1.165, 1.54) is 5.56 Å². The molecule has 1 saturated heterocycles. The van der Waals surface area contributed by atoms with Gasteiger partial charge in [-0.25, -0.2) is 4.68 Å². The van der Waals surface area contributed by atoms with Crippen molar-refractivity contribution in [3.05, 3.63) is 87.0 Å². The number of hydrogen-bond donors (Lipinski definition) is 1. The normalized spacial score (nSPS) is 16.0. The SMILES string of the molecule is COCCn1nnnc1[C@H](c1cc2c(C)ccc(C)c2[nH]c1=O)N1CCC(Cc2ccccc2)CC1. The molecule has 0 radical (unpaired) electrons. The Hall–Kier alpha value is -3.36. The van der Waals surface area contributed by atoms with Gasteiger partial charge in [0.15, 0.2) is 5.82 Å². The molecule has 0 spiro atoms. The van der Waals surface area contributed by atoms with Crippen molar-refractivity contribution in [2.24, 2.45) is 5.92 Å². The number of H-pyrrole nitrogens is 1. The number of piperidine rings is 1. The van der Waals surface area contributed by atoms with E-state index in [0.717, 1.165) is 54.4 Å². The molecule has 0 bridgehead atoms. The van der Waals surface area contributed by atoms with Crippen LogP contribution in [0.4, 0.5) is 0 Å². The Morgan fingerprint density at radius 2 is 1.83 bits per heavy atom. The number of aryl methyl sites for hydroxylation is 2. The largest absolute Gasteiger partial charge is 0.383 e. The monoisotopic (exact) mass is 486 g/mol. The minimum atomic E-state index is -0.331. The fourth-order valence-corrected chi connectivity index (χ4v) is 5.40. The van der Waals surface area contributed by atoms with Crippen molar-refractivity contribution in [3.63, 3.8) is 0 Å². The summed E-state index contributed by atoms with van der Waals surface area (Å²) in [7, 11) is 1.66. The number of pyridine rings is 1. The molecular weight excluding hydrogens is 452 g/mol. The van der Waals surface area contributed by atoms with E-state index in [-0.39, 0.29) is 11.6 Å². The summed E-state index contributed by atoms with van der Waals surface area (Å²) in [5.41, 5.74) is 5.06. The van der Waals surface area contributed by atoms with Gasteiger partial charge in [-0.05, 0) is 85.3 Å². The average molecular weight is 487 g/mol. The number of aromatic amines is 1. The van der Waals surface area contributed by atoms with Gasteiger partial charge in [0.05, 0.1) is 18.7 Å². The lowest BCUT2D eigenvalue weighted by Crippen LogP contribution is -2.41. The predicted molar refractivity (Wildman–Crippen MR) is 140 cm³/mol. The van der Waals surface area contributed by atoms with Crippen LogP contribution in [0.5, 0.6) is 0 Å². The molecule has 1 atom stereocenters. The molecule has 1 N–H and O–H groups in total. The van der Waals surface area contributed by atoms with Crippen molar-refractivity contribution in [2.75, 3.05) is 26.8 Å². The fraction of sp³-hybridized carbons (Fsp3) is 0.429. The summed E-state index contributed by atoms with van der Waals surface area (Å²) in [6.07, 6.45) is 3.21. The number of nitrogens with zero attached hydrogens (tertiary/aromatic N) is 5. The van der Waals surface area contributed by atoms with Crippen LogP contribution < -0.4 is 5.56 Å². The van der Waals surface area contributed by atoms with E-state index in [4.69, 9.17) is 4.74 Å². The van der Waals surface area contributed by atoms with E-state index in [2.05, 4.69) is 68.7 Å². The number of aromatic nitrogens is 5. The minimum absolute atomic E-state index is 0.0890. The number of ether oxygens (including phenoxy) is 1. The van der Waals surface area contributed by atoms with Crippen LogP contribution in [0.15, 0.2) is 53.3 Å². The lowest BCUT2D eigenvalue weighted by molar-refractivity contribution is 0.138. The second-order valence-corrected chi connectivity index (χ2v) is 9.87. The Kier molecular flexibility index (Phi) is 7.25. The standard InChI is InChI=1S/C28H34N6O2/c1-19-9-10-20(2)25-23(19)18-24(28(35)29-25)26(27-30-31-32-34(27)15-16-36-3)33-13-11-22(12-14-33)17-21-7-5-4-6-8-21/h4-10,18,22,26H,11-17H2,1-3H3,(H,29,35)/t26-/m0/s1. The number of benzene rings is 2. The van der Waals surface area contributed by atoms with Gasteiger partial charge in [0.1, 0.15) is 6.04 Å². The van der Waals surface area contributed by atoms with Gasteiger partial charge in [0.25, 0.3) is 5.56 Å². The molecule has 1 fully saturated rings. The average Bonchev–Trinajstić information content (AvgIpc) is 3.35. The van der Waals surface area contributed by atoms with Crippen LogP contribution in [0.2, 0.25) is 0 Å². The van der Waals surface area contributed by atoms with E-state index >= 15 is 0 Å². The van der Waals surface area contributed by atoms with Gasteiger partial charge in [0.2, 0.25) is 0 Å². The molecule has 1 aliphatic heterocycles. The summed E-state index contributed by atoms with van der Waals surface area (Å²) >= 11 is 0. The molecule has 0 aliphatic carbocycles. The smallest absolute Gasteiger partial charge is 0.253 e. The van der Waals surface area contributed by atoms with Crippen LogP contribution in [0.3, 0.4) is 0 Å².